The molecule has 0 unspecified atom stereocenters. The van der Waals surface area contributed by atoms with E-state index in [9.17, 15) is 9.18 Å². The van der Waals surface area contributed by atoms with Gasteiger partial charge in [-0.2, -0.15) is 0 Å². The van der Waals surface area contributed by atoms with Gasteiger partial charge in [-0.05, 0) is 48.9 Å². The Hall–Kier alpha value is -3.08. The molecule has 4 nitrogen and oxygen atoms in total. The van der Waals surface area contributed by atoms with E-state index in [2.05, 4.69) is 36.1 Å². The van der Waals surface area contributed by atoms with Crippen molar-refractivity contribution in [2.45, 2.75) is 6.92 Å². The van der Waals surface area contributed by atoms with Gasteiger partial charge in [0.15, 0.2) is 5.76 Å². The first-order valence-electron chi connectivity index (χ1n) is 9.07. The molecule has 0 bridgehead atoms. The van der Waals surface area contributed by atoms with Gasteiger partial charge < -0.3 is 14.2 Å². The topological polar surface area (TPSA) is 36.7 Å². The lowest BCUT2D eigenvalue weighted by Crippen LogP contribution is -2.48. The van der Waals surface area contributed by atoms with Gasteiger partial charge in [-0.3, -0.25) is 4.79 Å². The minimum absolute atomic E-state index is 0.151. The Morgan fingerprint density at radius 3 is 2.48 bits per heavy atom. The highest BCUT2D eigenvalue weighted by Gasteiger charge is 2.25. The number of hydrogen-bond acceptors (Lipinski definition) is 3. The Kier molecular flexibility index (Phi) is 4.67. The Bertz CT molecular complexity index is 958. The molecule has 0 N–H and O–H groups in total. The average molecular weight is 364 g/mol. The number of piperazine rings is 1. The van der Waals surface area contributed by atoms with Gasteiger partial charge >= 0.3 is 0 Å². The summed E-state index contributed by atoms with van der Waals surface area (Å²) in [5.41, 5.74) is 2.77. The Morgan fingerprint density at radius 2 is 1.74 bits per heavy atom. The highest BCUT2D eigenvalue weighted by molar-refractivity contribution is 5.92. The monoisotopic (exact) mass is 364 g/mol. The summed E-state index contributed by atoms with van der Waals surface area (Å²) in [4.78, 5) is 16.8. The first-order chi connectivity index (χ1) is 13.1. The standard InChI is InChI=1S/C22H21FN2O2/c1-16-5-4-6-17(15-16)24-11-13-25(14-12-24)22(26)21-10-9-20(27-21)18-7-2-3-8-19(18)23/h2-10,15H,11-14H2,1H3. The van der Waals surface area contributed by atoms with Crippen LogP contribution in [-0.2, 0) is 0 Å². The lowest BCUT2D eigenvalue weighted by molar-refractivity contribution is 0.0715. The molecule has 0 saturated carbocycles. The number of aryl methyl sites for hydroxylation is 1. The SMILES string of the molecule is Cc1cccc(N2CCN(C(=O)c3ccc(-c4ccccc4F)o3)CC2)c1. The summed E-state index contributed by atoms with van der Waals surface area (Å²) in [6.07, 6.45) is 0. The molecule has 0 spiro atoms. The fraction of sp³-hybridized carbons (Fsp3) is 0.227. The molecule has 27 heavy (non-hydrogen) atoms. The van der Waals surface area contributed by atoms with Gasteiger partial charge in [0, 0.05) is 31.9 Å². The van der Waals surface area contributed by atoms with Crippen LogP contribution in [0.15, 0.2) is 65.1 Å². The molecule has 2 heterocycles. The number of anilines is 1. The van der Waals surface area contributed by atoms with Crippen LogP contribution in [0.25, 0.3) is 11.3 Å². The van der Waals surface area contributed by atoms with Crippen molar-refractivity contribution < 1.29 is 13.6 Å². The van der Waals surface area contributed by atoms with Crippen molar-refractivity contribution in [2.24, 2.45) is 0 Å². The van der Waals surface area contributed by atoms with Gasteiger partial charge in [-0.25, -0.2) is 4.39 Å². The first kappa shape index (κ1) is 17.3. The van der Waals surface area contributed by atoms with Gasteiger partial charge in [0.25, 0.3) is 5.91 Å². The Morgan fingerprint density at radius 1 is 0.963 bits per heavy atom. The van der Waals surface area contributed by atoms with Crippen LogP contribution in [0.1, 0.15) is 16.1 Å². The van der Waals surface area contributed by atoms with Gasteiger partial charge in [0.2, 0.25) is 0 Å². The van der Waals surface area contributed by atoms with Gasteiger partial charge in [-0.1, -0.05) is 24.3 Å². The molecule has 0 radical (unpaired) electrons. The zero-order chi connectivity index (χ0) is 18.8. The van der Waals surface area contributed by atoms with E-state index in [4.69, 9.17) is 4.42 Å². The average Bonchev–Trinajstić information content (AvgIpc) is 3.18. The molecular formula is C22H21FN2O2. The highest BCUT2D eigenvalue weighted by Crippen LogP contribution is 2.26. The second kappa shape index (κ2) is 7.27. The second-order valence-corrected chi connectivity index (χ2v) is 6.76. The normalized spacial score (nSPS) is 14.4. The number of carbonyl (C=O) groups excluding carboxylic acids is 1. The van der Waals surface area contributed by atoms with E-state index in [0.29, 0.717) is 24.4 Å². The fourth-order valence-corrected chi connectivity index (χ4v) is 3.41. The largest absolute Gasteiger partial charge is 0.451 e. The van der Waals surface area contributed by atoms with Crippen LogP contribution in [0, 0.1) is 12.7 Å². The summed E-state index contributed by atoms with van der Waals surface area (Å²) < 4.78 is 19.6. The zero-order valence-electron chi connectivity index (χ0n) is 15.2. The van der Waals surface area contributed by atoms with E-state index in [1.807, 2.05) is 0 Å². The molecule has 1 aromatic heterocycles. The maximum Gasteiger partial charge on any atom is 0.289 e. The number of benzene rings is 2. The van der Waals surface area contributed by atoms with Crippen LogP contribution in [0.2, 0.25) is 0 Å². The molecular weight excluding hydrogens is 343 g/mol. The summed E-state index contributed by atoms with van der Waals surface area (Å²) in [6.45, 7) is 4.88. The molecule has 1 aliphatic heterocycles. The number of furan rings is 1. The minimum atomic E-state index is -0.363. The van der Waals surface area contributed by atoms with Crippen LogP contribution in [-0.4, -0.2) is 37.0 Å². The van der Waals surface area contributed by atoms with Crippen molar-refractivity contribution in [3.63, 3.8) is 0 Å². The second-order valence-electron chi connectivity index (χ2n) is 6.76. The lowest BCUT2D eigenvalue weighted by atomic mass is 10.1. The molecule has 1 aliphatic rings. The van der Waals surface area contributed by atoms with Crippen LogP contribution in [0.5, 0.6) is 0 Å². The van der Waals surface area contributed by atoms with Gasteiger partial charge in [0.1, 0.15) is 11.6 Å². The zero-order valence-corrected chi connectivity index (χ0v) is 15.2. The summed E-state index contributed by atoms with van der Waals surface area (Å²) >= 11 is 0. The predicted octanol–water partition coefficient (Wildman–Crippen LogP) is 4.36. The van der Waals surface area contributed by atoms with Crippen LogP contribution < -0.4 is 4.90 Å². The molecule has 1 amide bonds. The van der Waals surface area contributed by atoms with E-state index >= 15 is 0 Å². The van der Waals surface area contributed by atoms with Crippen molar-refractivity contribution >= 4 is 11.6 Å². The maximum atomic E-state index is 13.9. The predicted molar refractivity (Wildman–Crippen MR) is 103 cm³/mol. The van der Waals surface area contributed by atoms with Crippen molar-refractivity contribution in [3.05, 3.63) is 77.8 Å². The third-order valence-corrected chi connectivity index (χ3v) is 4.89. The third kappa shape index (κ3) is 3.58. The van der Waals surface area contributed by atoms with Crippen molar-refractivity contribution in [2.75, 3.05) is 31.1 Å². The Balaban J connectivity index is 1.43. The molecule has 1 fully saturated rings. The highest BCUT2D eigenvalue weighted by atomic mass is 19.1. The Labute approximate surface area is 157 Å². The van der Waals surface area contributed by atoms with Crippen molar-refractivity contribution in [3.8, 4) is 11.3 Å². The van der Waals surface area contributed by atoms with E-state index in [1.165, 1.54) is 17.3 Å². The lowest BCUT2D eigenvalue weighted by Gasteiger charge is -2.35. The van der Waals surface area contributed by atoms with Gasteiger partial charge in [0.05, 0.1) is 5.56 Å². The summed E-state index contributed by atoms with van der Waals surface area (Å²) in [6, 6.07) is 18.0. The molecule has 0 atom stereocenters. The summed E-state index contributed by atoms with van der Waals surface area (Å²) in [5.74, 6) is 0.103. The van der Waals surface area contributed by atoms with Crippen LogP contribution in [0.4, 0.5) is 10.1 Å². The minimum Gasteiger partial charge on any atom is -0.451 e. The third-order valence-electron chi connectivity index (χ3n) is 4.89. The van der Waals surface area contributed by atoms with E-state index in [-0.39, 0.29) is 17.5 Å². The smallest absolute Gasteiger partial charge is 0.289 e. The molecule has 2 aromatic carbocycles. The maximum absolute atomic E-state index is 13.9. The van der Waals surface area contributed by atoms with Gasteiger partial charge in [-0.15, -0.1) is 0 Å². The number of nitrogens with zero attached hydrogens (tertiary/aromatic N) is 2. The van der Waals surface area contributed by atoms with E-state index < -0.39 is 0 Å². The summed E-state index contributed by atoms with van der Waals surface area (Å²) in [7, 11) is 0. The van der Waals surface area contributed by atoms with E-state index in [1.54, 1.807) is 35.2 Å². The van der Waals surface area contributed by atoms with Crippen LogP contribution >= 0.6 is 0 Å². The first-order valence-corrected chi connectivity index (χ1v) is 9.07. The molecule has 0 aliphatic carbocycles. The number of halogens is 1. The van der Waals surface area contributed by atoms with Crippen molar-refractivity contribution in [1.82, 2.24) is 4.90 Å². The van der Waals surface area contributed by atoms with Crippen molar-refractivity contribution in [1.29, 1.82) is 0 Å². The molecule has 138 valence electrons. The summed E-state index contributed by atoms with van der Waals surface area (Å²) in [5, 5.41) is 0. The number of amides is 1. The number of hydrogen-bond donors (Lipinski definition) is 0. The molecule has 1 saturated heterocycles. The molecule has 3 aromatic rings. The molecule has 4 rings (SSSR count). The molecule has 5 heteroatoms. The number of carbonyl (C=O) groups is 1. The van der Waals surface area contributed by atoms with Crippen LogP contribution in [0.3, 0.4) is 0 Å². The van der Waals surface area contributed by atoms with E-state index in [0.717, 1.165) is 13.1 Å². The number of rotatable bonds is 3. The quantitative estimate of drug-likeness (QED) is 0.693. The fourth-order valence-electron chi connectivity index (χ4n) is 3.41.